The Hall–Kier alpha value is -2.87. The molecule has 36 heavy (non-hydrogen) atoms. The molecule has 8 heteroatoms. The van der Waals surface area contributed by atoms with Crippen molar-refractivity contribution in [3.05, 3.63) is 65.7 Å². The second-order valence-electron chi connectivity index (χ2n) is 10.7. The molecule has 1 heterocycles. The van der Waals surface area contributed by atoms with E-state index in [4.69, 9.17) is 4.74 Å². The predicted octanol–water partition coefficient (Wildman–Crippen LogP) is 5.54. The molecule has 1 N–H and O–H groups in total. The summed E-state index contributed by atoms with van der Waals surface area (Å²) in [6.45, 7) is 0.308. The van der Waals surface area contributed by atoms with E-state index >= 15 is 0 Å². The molecule has 4 aliphatic carbocycles. The Bertz CT molecular complexity index is 1220. The monoisotopic (exact) mass is 506 g/mol. The van der Waals surface area contributed by atoms with Crippen molar-refractivity contribution in [2.24, 2.45) is 23.2 Å². The van der Waals surface area contributed by atoms with E-state index in [1.807, 2.05) is 28.8 Å². The van der Waals surface area contributed by atoms with Gasteiger partial charge < -0.3 is 10.1 Å². The molecule has 4 saturated carbocycles. The molecule has 6 nitrogen and oxygen atoms in total. The molecule has 1 amide bonds. The number of benzene rings is 2. The number of para-hydroxylation sites is 2. The van der Waals surface area contributed by atoms with Crippen LogP contribution in [0, 0.1) is 29.0 Å². The van der Waals surface area contributed by atoms with Gasteiger partial charge in [0, 0.05) is 11.2 Å². The van der Waals surface area contributed by atoms with Crippen LogP contribution < -0.4 is 10.1 Å². The maximum Gasteiger partial charge on any atom is 0.226 e. The van der Waals surface area contributed by atoms with Gasteiger partial charge in [0.2, 0.25) is 5.91 Å². The third-order valence-corrected chi connectivity index (χ3v) is 9.23. The maximum atomic E-state index is 13.6. The van der Waals surface area contributed by atoms with E-state index in [1.54, 1.807) is 19.2 Å². The lowest BCUT2D eigenvalue weighted by Gasteiger charge is -2.55. The molecule has 0 atom stereocenters. The van der Waals surface area contributed by atoms with Crippen LogP contribution in [0.15, 0.2) is 53.7 Å². The molecule has 4 fully saturated rings. The molecule has 1 aromatic heterocycles. The molecule has 4 aliphatic rings. The Kier molecular flexibility index (Phi) is 6.23. The minimum absolute atomic E-state index is 0.177. The number of amides is 1. The number of carbonyl (C=O) groups is 1. The van der Waals surface area contributed by atoms with Crippen molar-refractivity contribution in [3.8, 4) is 11.4 Å². The summed E-state index contributed by atoms with van der Waals surface area (Å²) in [7, 11) is 1.64. The fraction of sp³-hybridized carbons (Fsp3) is 0.464. The highest BCUT2D eigenvalue weighted by Crippen LogP contribution is 2.60. The zero-order valence-corrected chi connectivity index (χ0v) is 21.3. The van der Waals surface area contributed by atoms with E-state index in [0.717, 1.165) is 30.5 Å². The summed E-state index contributed by atoms with van der Waals surface area (Å²) < 4.78 is 20.9. The normalized spacial score (nSPS) is 26.2. The maximum absolute atomic E-state index is 13.6. The summed E-state index contributed by atoms with van der Waals surface area (Å²) in [6.07, 6.45) is 7.02. The summed E-state index contributed by atoms with van der Waals surface area (Å²) in [5.74, 6) is 4.06. The highest BCUT2D eigenvalue weighted by molar-refractivity contribution is 7.98. The van der Waals surface area contributed by atoms with Crippen molar-refractivity contribution in [1.82, 2.24) is 20.1 Å². The number of nitrogens with one attached hydrogen (secondary N) is 1. The van der Waals surface area contributed by atoms with Gasteiger partial charge >= 0.3 is 0 Å². The third-order valence-electron chi connectivity index (χ3n) is 8.23. The van der Waals surface area contributed by atoms with Crippen molar-refractivity contribution in [3.63, 3.8) is 0 Å². The number of aromatic nitrogens is 3. The van der Waals surface area contributed by atoms with Crippen LogP contribution in [0.25, 0.3) is 5.69 Å². The topological polar surface area (TPSA) is 69.0 Å². The van der Waals surface area contributed by atoms with Gasteiger partial charge in [-0.05, 0) is 86.1 Å². The average molecular weight is 507 g/mol. The van der Waals surface area contributed by atoms with Gasteiger partial charge in [-0.3, -0.25) is 9.36 Å². The zero-order chi connectivity index (χ0) is 24.7. The number of hydrogen-bond donors (Lipinski definition) is 1. The van der Waals surface area contributed by atoms with Gasteiger partial charge in [-0.2, -0.15) is 0 Å². The Morgan fingerprint density at radius 1 is 1.06 bits per heavy atom. The van der Waals surface area contributed by atoms with E-state index in [0.29, 0.717) is 46.8 Å². The minimum Gasteiger partial charge on any atom is -0.495 e. The smallest absolute Gasteiger partial charge is 0.226 e. The molecule has 0 saturated heterocycles. The number of thioether (sulfide) groups is 1. The number of methoxy groups -OCH3 is 1. The van der Waals surface area contributed by atoms with Crippen molar-refractivity contribution < 1.29 is 13.9 Å². The van der Waals surface area contributed by atoms with Crippen LogP contribution in [0.3, 0.4) is 0 Å². The molecule has 3 aromatic rings. The lowest BCUT2D eigenvalue weighted by atomic mass is 9.49. The van der Waals surface area contributed by atoms with Crippen LogP contribution in [-0.2, 0) is 17.1 Å². The average Bonchev–Trinajstić information content (AvgIpc) is 3.28. The number of carbonyl (C=O) groups excluding carboxylic acids is 1. The van der Waals surface area contributed by atoms with Gasteiger partial charge in [-0.15, -0.1) is 10.2 Å². The van der Waals surface area contributed by atoms with Crippen molar-refractivity contribution in [2.75, 3.05) is 7.11 Å². The van der Waals surface area contributed by atoms with E-state index < -0.39 is 0 Å². The third kappa shape index (κ3) is 4.40. The van der Waals surface area contributed by atoms with Gasteiger partial charge in [0.25, 0.3) is 0 Å². The second-order valence-corrected chi connectivity index (χ2v) is 11.6. The number of rotatable bonds is 8. The summed E-state index contributed by atoms with van der Waals surface area (Å²) in [5, 5.41) is 12.9. The van der Waals surface area contributed by atoms with E-state index in [9.17, 15) is 9.18 Å². The molecule has 188 valence electrons. The first-order valence-electron chi connectivity index (χ1n) is 12.8. The lowest BCUT2D eigenvalue weighted by Crippen LogP contribution is -2.53. The Labute approximate surface area is 215 Å². The summed E-state index contributed by atoms with van der Waals surface area (Å²) in [6, 6.07) is 14.2. The van der Waals surface area contributed by atoms with Gasteiger partial charge in [0.15, 0.2) is 11.0 Å². The standard InChI is InChI=1S/C28H31FN4O2S/c1-35-24-5-3-2-4-23(24)33-25(31-32-27(33)36-17-18-6-8-22(29)9-7-18)16-30-26(34)28-13-19-10-20(14-28)12-21(11-19)15-28/h2-9,19-21H,10-17H2,1H3,(H,30,34). The highest BCUT2D eigenvalue weighted by Gasteiger charge is 2.54. The van der Waals surface area contributed by atoms with Gasteiger partial charge in [0.05, 0.1) is 19.3 Å². The lowest BCUT2D eigenvalue weighted by molar-refractivity contribution is -0.146. The fourth-order valence-electron chi connectivity index (χ4n) is 7.03. The molecule has 7 rings (SSSR count). The largest absolute Gasteiger partial charge is 0.495 e. The van der Waals surface area contributed by atoms with Crippen LogP contribution in [0.4, 0.5) is 4.39 Å². The molecule has 0 radical (unpaired) electrons. The van der Waals surface area contributed by atoms with Gasteiger partial charge in [-0.25, -0.2) is 4.39 Å². The number of halogens is 1. The summed E-state index contributed by atoms with van der Waals surface area (Å²) in [5.41, 5.74) is 1.61. The fourth-order valence-corrected chi connectivity index (χ4v) is 7.95. The van der Waals surface area contributed by atoms with Crippen molar-refractivity contribution in [2.45, 2.75) is 56.0 Å². The summed E-state index contributed by atoms with van der Waals surface area (Å²) in [4.78, 5) is 13.6. The summed E-state index contributed by atoms with van der Waals surface area (Å²) >= 11 is 1.52. The van der Waals surface area contributed by atoms with Crippen LogP contribution in [-0.4, -0.2) is 27.8 Å². The number of nitrogens with zero attached hydrogens (tertiary/aromatic N) is 3. The SMILES string of the molecule is COc1ccccc1-n1c(CNC(=O)C23CC4CC(CC(C4)C2)C3)nnc1SCc1ccc(F)cc1. The Morgan fingerprint density at radius 3 is 2.39 bits per heavy atom. The molecular weight excluding hydrogens is 475 g/mol. The van der Waals surface area contributed by atoms with E-state index in [-0.39, 0.29) is 17.1 Å². The predicted molar refractivity (Wildman–Crippen MR) is 136 cm³/mol. The molecule has 2 aromatic carbocycles. The molecule has 0 spiro atoms. The van der Waals surface area contributed by atoms with E-state index in [2.05, 4.69) is 15.5 Å². The Morgan fingerprint density at radius 2 is 1.72 bits per heavy atom. The van der Waals surface area contributed by atoms with Crippen LogP contribution in [0.1, 0.15) is 49.9 Å². The number of ether oxygens (including phenoxy) is 1. The molecule has 4 bridgehead atoms. The van der Waals surface area contributed by atoms with Gasteiger partial charge in [0.1, 0.15) is 11.6 Å². The zero-order valence-electron chi connectivity index (χ0n) is 20.5. The first-order chi connectivity index (χ1) is 17.5. The van der Waals surface area contributed by atoms with Crippen LogP contribution in [0.5, 0.6) is 5.75 Å². The van der Waals surface area contributed by atoms with Gasteiger partial charge in [-0.1, -0.05) is 36.0 Å². The van der Waals surface area contributed by atoms with Crippen molar-refractivity contribution >= 4 is 17.7 Å². The quantitative estimate of drug-likeness (QED) is 0.406. The highest BCUT2D eigenvalue weighted by atomic mass is 32.2. The molecule has 0 aliphatic heterocycles. The second kappa shape index (κ2) is 9.54. The first kappa shape index (κ1) is 23.5. The molecule has 0 unspecified atom stereocenters. The number of hydrogen-bond acceptors (Lipinski definition) is 5. The van der Waals surface area contributed by atoms with Crippen LogP contribution >= 0.6 is 11.8 Å². The Balaban J connectivity index is 1.24. The minimum atomic E-state index is -0.252. The van der Waals surface area contributed by atoms with Crippen LogP contribution in [0.2, 0.25) is 0 Å². The molecular formula is C28H31FN4O2S. The first-order valence-corrected chi connectivity index (χ1v) is 13.7. The van der Waals surface area contributed by atoms with E-state index in [1.165, 1.54) is 43.2 Å². The van der Waals surface area contributed by atoms with Crippen molar-refractivity contribution in [1.29, 1.82) is 0 Å².